The van der Waals surface area contributed by atoms with E-state index in [1.54, 1.807) is 19.2 Å². The monoisotopic (exact) mass is 349 g/mol. The number of hydrogen-bond acceptors (Lipinski definition) is 6. The topological polar surface area (TPSA) is 65.0 Å². The number of oxime groups is 1. The molecule has 1 aromatic heterocycles. The summed E-state index contributed by atoms with van der Waals surface area (Å²) in [4.78, 5) is 14.4. The van der Waals surface area contributed by atoms with Gasteiger partial charge in [-0.15, -0.1) is 0 Å². The van der Waals surface area contributed by atoms with E-state index >= 15 is 0 Å². The Morgan fingerprint density at radius 1 is 1.25 bits per heavy atom. The highest BCUT2D eigenvalue weighted by atomic mass is 35.5. The van der Waals surface area contributed by atoms with E-state index in [-0.39, 0.29) is 6.61 Å². The molecule has 1 heterocycles. The Morgan fingerprint density at radius 2 is 2.04 bits per heavy atom. The van der Waals surface area contributed by atoms with Gasteiger partial charge in [0.15, 0.2) is 0 Å². The van der Waals surface area contributed by atoms with E-state index in [0.29, 0.717) is 23.2 Å². The SMILES string of the molecule is CNOC/C(=N/OC)c1ccccc1COc1ccc(Cl)c(C)n1. The maximum atomic E-state index is 5.98. The van der Waals surface area contributed by atoms with Crippen LogP contribution in [-0.4, -0.2) is 31.5 Å². The van der Waals surface area contributed by atoms with E-state index in [4.69, 9.17) is 26.0 Å². The zero-order valence-corrected chi connectivity index (χ0v) is 14.6. The number of benzene rings is 1. The first-order valence-corrected chi connectivity index (χ1v) is 7.76. The van der Waals surface area contributed by atoms with Crippen molar-refractivity contribution >= 4 is 17.3 Å². The van der Waals surface area contributed by atoms with Crippen LogP contribution in [0.25, 0.3) is 0 Å². The predicted molar refractivity (Wildman–Crippen MR) is 93.3 cm³/mol. The van der Waals surface area contributed by atoms with Gasteiger partial charge in [-0.2, -0.15) is 0 Å². The van der Waals surface area contributed by atoms with Crippen molar-refractivity contribution in [1.29, 1.82) is 0 Å². The van der Waals surface area contributed by atoms with Gasteiger partial charge in [0.1, 0.15) is 26.0 Å². The lowest BCUT2D eigenvalue weighted by molar-refractivity contribution is 0.0866. The van der Waals surface area contributed by atoms with E-state index in [1.165, 1.54) is 7.11 Å². The van der Waals surface area contributed by atoms with Crippen LogP contribution in [0.15, 0.2) is 41.6 Å². The molecule has 0 fully saturated rings. The number of pyridine rings is 1. The maximum Gasteiger partial charge on any atom is 0.213 e. The van der Waals surface area contributed by atoms with Crippen molar-refractivity contribution in [1.82, 2.24) is 10.5 Å². The van der Waals surface area contributed by atoms with Crippen molar-refractivity contribution in [3.63, 3.8) is 0 Å². The minimum absolute atomic E-state index is 0.264. The molecule has 0 unspecified atom stereocenters. The van der Waals surface area contributed by atoms with E-state index in [2.05, 4.69) is 15.6 Å². The Balaban J connectivity index is 2.18. The number of aryl methyl sites for hydroxylation is 1. The molecule has 7 heteroatoms. The average Bonchev–Trinajstić information content (AvgIpc) is 2.60. The first-order valence-electron chi connectivity index (χ1n) is 7.38. The molecule has 0 amide bonds. The molecule has 1 aromatic carbocycles. The molecule has 2 rings (SSSR count). The van der Waals surface area contributed by atoms with Crippen molar-refractivity contribution in [2.75, 3.05) is 20.8 Å². The Labute approximate surface area is 146 Å². The van der Waals surface area contributed by atoms with E-state index in [0.717, 1.165) is 16.8 Å². The van der Waals surface area contributed by atoms with E-state index in [1.807, 2.05) is 31.2 Å². The van der Waals surface area contributed by atoms with Gasteiger partial charge in [0.25, 0.3) is 0 Å². The fourth-order valence-corrected chi connectivity index (χ4v) is 2.19. The van der Waals surface area contributed by atoms with Gasteiger partial charge in [-0.25, -0.2) is 10.5 Å². The molecule has 0 saturated carbocycles. The lowest BCUT2D eigenvalue weighted by atomic mass is 10.0. The van der Waals surface area contributed by atoms with Crippen molar-refractivity contribution in [3.05, 3.63) is 58.2 Å². The van der Waals surface area contributed by atoms with Gasteiger partial charge in [-0.1, -0.05) is 41.0 Å². The van der Waals surface area contributed by atoms with Crippen molar-refractivity contribution in [2.45, 2.75) is 13.5 Å². The molecule has 2 aromatic rings. The van der Waals surface area contributed by atoms with Gasteiger partial charge >= 0.3 is 0 Å². The molecular weight excluding hydrogens is 330 g/mol. The highest BCUT2D eigenvalue weighted by molar-refractivity contribution is 6.31. The normalized spacial score (nSPS) is 11.4. The summed E-state index contributed by atoms with van der Waals surface area (Å²) in [7, 11) is 3.19. The molecule has 0 saturated heterocycles. The fraction of sp³-hybridized carbons (Fsp3) is 0.294. The predicted octanol–water partition coefficient (Wildman–Crippen LogP) is 3.12. The van der Waals surface area contributed by atoms with Gasteiger partial charge < -0.3 is 9.57 Å². The second-order valence-electron chi connectivity index (χ2n) is 4.88. The van der Waals surface area contributed by atoms with Gasteiger partial charge in [0.2, 0.25) is 5.88 Å². The molecule has 1 N–H and O–H groups in total. The number of nitrogens with one attached hydrogen (secondary N) is 1. The summed E-state index contributed by atoms with van der Waals surface area (Å²) >= 11 is 5.98. The number of hydrogen-bond donors (Lipinski definition) is 1. The minimum Gasteiger partial charge on any atom is -0.473 e. The second-order valence-corrected chi connectivity index (χ2v) is 5.28. The zero-order valence-electron chi connectivity index (χ0n) is 13.9. The lowest BCUT2D eigenvalue weighted by Gasteiger charge is -2.12. The molecule has 0 aliphatic rings. The highest BCUT2D eigenvalue weighted by Gasteiger charge is 2.11. The van der Waals surface area contributed by atoms with Crippen LogP contribution in [0.3, 0.4) is 0 Å². The number of halogens is 1. The molecule has 0 radical (unpaired) electrons. The smallest absolute Gasteiger partial charge is 0.213 e. The van der Waals surface area contributed by atoms with Gasteiger partial charge in [0, 0.05) is 18.7 Å². The quantitative estimate of drug-likeness (QED) is 0.586. The molecule has 24 heavy (non-hydrogen) atoms. The molecule has 6 nitrogen and oxygen atoms in total. The Hall–Kier alpha value is -2.15. The van der Waals surface area contributed by atoms with Crippen LogP contribution in [0.2, 0.25) is 5.02 Å². The number of ether oxygens (including phenoxy) is 1. The van der Waals surface area contributed by atoms with Gasteiger partial charge in [-0.3, -0.25) is 4.84 Å². The summed E-state index contributed by atoms with van der Waals surface area (Å²) in [5.41, 5.74) is 5.85. The van der Waals surface area contributed by atoms with Crippen LogP contribution in [0.1, 0.15) is 16.8 Å². The Bertz CT molecular complexity index is 707. The van der Waals surface area contributed by atoms with Crippen LogP contribution in [0, 0.1) is 6.92 Å². The maximum absolute atomic E-state index is 5.98. The molecule has 0 aliphatic carbocycles. The average molecular weight is 350 g/mol. The lowest BCUT2D eigenvalue weighted by Crippen LogP contribution is -2.19. The van der Waals surface area contributed by atoms with Crippen LogP contribution in [-0.2, 0) is 16.3 Å². The van der Waals surface area contributed by atoms with Crippen LogP contribution < -0.4 is 10.2 Å². The highest BCUT2D eigenvalue weighted by Crippen LogP contribution is 2.19. The van der Waals surface area contributed by atoms with E-state index < -0.39 is 0 Å². The third-order valence-corrected chi connectivity index (χ3v) is 3.65. The van der Waals surface area contributed by atoms with Crippen LogP contribution >= 0.6 is 11.6 Å². The van der Waals surface area contributed by atoms with Crippen LogP contribution in [0.5, 0.6) is 5.88 Å². The summed E-state index contributed by atoms with van der Waals surface area (Å²) in [6.45, 7) is 2.44. The van der Waals surface area contributed by atoms with Gasteiger partial charge in [-0.05, 0) is 18.6 Å². The number of aromatic nitrogens is 1. The number of rotatable bonds is 8. The number of hydroxylamine groups is 1. The first kappa shape index (κ1) is 18.2. The van der Waals surface area contributed by atoms with E-state index in [9.17, 15) is 0 Å². The summed E-state index contributed by atoms with van der Waals surface area (Å²) in [6.07, 6.45) is 0. The fourth-order valence-electron chi connectivity index (χ4n) is 2.08. The largest absolute Gasteiger partial charge is 0.473 e. The Kier molecular flexibility index (Phi) is 6.99. The second kappa shape index (κ2) is 9.22. The summed E-state index contributed by atoms with van der Waals surface area (Å²) < 4.78 is 5.78. The molecular formula is C17H20ClN3O3. The third-order valence-electron chi connectivity index (χ3n) is 3.25. The zero-order chi connectivity index (χ0) is 17.4. The summed E-state index contributed by atoms with van der Waals surface area (Å²) in [5, 5.41) is 4.65. The molecule has 0 aliphatic heterocycles. The minimum atomic E-state index is 0.264. The molecule has 0 bridgehead atoms. The van der Waals surface area contributed by atoms with Crippen molar-refractivity contribution in [3.8, 4) is 5.88 Å². The van der Waals surface area contributed by atoms with Gasteiger partial charge in [0.05, 0.1) is 10.7 Å². The summed E-state index contributed by atoms with van der Waals surface area (Å²) in [5.74, 6) is 0.517. The number of nitrogens with zero attached hydrogens (tertiary/aromatic N) is 2. The molecule has 128 valence electrons. The first-order chi connectivity index (χ1) is 11.7. The summed E-state index contributed by atoms with van der Waals surface area (Å²) in [6, 6.07) is 11.3. The van der Waals surface area contributed by atoms with Crippen molar-refractivity contribution in [2.24, 2.45) is 5.16 Å². The third kappa shape index (κ3) is 4.92. The van der Waals surface area contributed by atoms with Crippen LogP contribution in [0.4, 0.5) is 0 Å². The molecule has 0 spiro atoms. The Morgan fingerprint density at radius 3 is 2.75 bits per heavy atom. The molecule has 0 atom stereocenters. The van der Waals surface area contributed by atoms with Crippen molar-refractivity contribution < 1.29 is 14.4 Å². The standard InChI is InChI=1S/C17H20ClN3O3/c1-12-15(18)8-9-17(20-12)23-10-13-6-4-5-7-14(13)16(21-22-3)11-24-19-2/h4-9,19H,10-11H2,1-3H3/b21-16-.